The number of rotatable bonds is 1. The van der Waals surface area contributed by atoms with Crippen molar-refractivity contribution in [3.05, 3.63) is 53.0 Å². The molecule has 4 rings (SSSR count). The molecule has 2 aromatic carbocycles. The molecule has 1 aliphatic rings. The molecule has 2 nitrogen and oxygen atoms in total. The van der Waals surface area contributed by atoms with E-state index in [1.165, 1.54) is 26.9 Å². The van der Waals surface area contributed by atoms with E-state index in [1.807, 2.05) is 0 Å². The Kier molecular flexibility index (Phi) is 2.83. The summed E-state index contributed by atoms with van der Waals surface area (Å²) in [4.78, 5) is 6.15. The largest absolute Gasteiger partial charge is 0.323 e. The highest BCUT2D eigenvalue weighted by Crippen LogP contribution is 2.38. The highest BCUT2D eigenvalue weighted by atomic mass is 32.1. The zero-order valence-electron chi connectivity index (χ0n) is 11.2. The number of hydrogen-bond acceptors (Lipinski definition) is 3. The molecule has 20 heavy (non-hydrogen) atoms. The molecule has 0 amide bonds. The van der Waals surface area contributed by atoms with E-state index in [1.54, 1.807) is 11.3 Å². The number of aryl methyl sites for hydroxylation is 1. The summed E-state index contributed by atoms with van der Waals surface area (Å²) >= 11 is 1.78. The quantitative estimate of drug-likeness (QED) is 0.722. The molecule has 1 atom stereocenters. The fourth-order valence-corrected chi connectivity index (χ4v) is 4.17. The third-order valence-corrected chi connectivity index (χ3v) is 5.28. The summed E-state index contributed by atoms with van der Waals surface area (Å²) in [6.07, 6.45) is 3.32. The van der Waals surface area contributed by atoms with Gasteiger partial charge in [-0.3, -0.25) is 0 Å². The van der Waals surface area contributed by atoms with E-state index >= 15 is 0 Å². The van der Waals surface area contributed by atoms with Crippen molar-refractivity contribution < 1.29 is 0 Å². The first kappa shape index (κ1) is 12.1. The van der Waals surface area contributed by atoms with Gasteiger partial charge in [0.1, 0.15) is 5.01 Å². The van der Waals surface area contributed by atoms with Crippen molar-refractivity contribution >= 4 is 22.1 Å². The normalized spacial score (nSPS) is 18.1. The van der Waals surface area contributed by atoms with Crippen molar-refractivity contribution in [1.82, 2.24) is 4.98 Å². The molecule has 0 radical (unpaired) electrons. The van der Waals surface area contributed by atoms with Crippen LogP contribution in [0.3, 0.4) is 0 Å². The number of fused-ring (bicyclic) bond motifs is 2. The minimum Gasteiger partial charge on any atom is -0.323 e. The first-order valence-electron chi connectivity index (χ1n) is 7.06. The Balaban J connectivity index is 1.92. The minimum absolute atomic E-state index is 0.181. The predicted octanol–water partition coefficient (Wildman–Crippen LogP) is 4.30. The molecule has 2 N–H and O–H groups in total. The third kappa shape index (κ3) is 1.86. The molecule has 1 heterocycles. The molecular weight excluding hydrogens is 264 g/mol. The van der Waals surface area contributed by atoms with Gasteiger partial charge < -0.3 is 5.73 Å². The van der Waals surface area contributed by atoms with Crippen LogP contribution in [0.25, 0.3) is 21.3 Å². The van der Waals surface area contributed by atoms with Crippen LogP contribution >= 0.6 is 11.3 Å². The first-order chi connectivity index (χ1) is 9.83. The Labute approximate surface area is 122 Å². The van der Waals surface area contributed by atoms with Crippen LogP contribution in [0.1, 0.15) is 29.5 Å². The molecule has 3 aromatic rings. The smallest absolute Gasteiger partial charge is 0.124 e. The zero-order chi connectivity index (χ0) is 13.5. The van der Waals surface area contributed by atoms with Crippen molar-refractivity contribution in [3.8, 4) is 10.6 Å². The SMILES string of the molecule is NC1CCCc2nc(-c3cccc4ccccc34)sc21. The van der Waals surface area contributed by atoms with Crippen LogP contribution in [0.4, 0.5) is 0 Å². The van der Waals surface area contributed by atoms with Gasteiger partial charge in [0.2, 0.25) is 0 Å². The van der Waals surface area contributed by atoms with Crippen LogP contribution in [0.5, 0.6) is 0 Å². The average Bonchev–Trinajstić information content (AvgIpc) is 2.92. The second-order valence-corrected chi connectivity index (χ2v) is 6.39. The average molecular weight is 280 g/mol. The van der Waals surface area contributed by atoms with Crippen molar-refractivity contribution in [2.24, 2.45) is 5.73 Å². The van der Waals surface area contributed by atoms with E-state index in [0.717, 1.165) is 24.3 Å². The lowest BCUT2D eigenvalue weighted by Gasteiger charge is -2.15. The van der Waals surface area contributed by atoms with Gasteiger partial charge >= 0.3 is 0 Å². The van der Waals surface area contributed by atoms with Gasteiger partial charge in [-0.15, -0.1) is 11.3 Å². The number of aromatic nitrogens is 1. The van der Waals surface area contributed by atoms with Gasteiger partial charge in [0.25, 0.3) is 0 Å². The topological polar surface area (TPSA) is 38.9 Å². The number of thiazole rings is 1. The van der Waals surface area contributed by atoms with Gasteiger partial charge in [-0.2, -0.15) is 0 Å². The standard InChI is InChI=1S/C17H16N2S/c18-14-9-4-10-15-16(14)20-17(19-15)13-8-3-6-11-5-1-2-7-12(11)13/h1-3,5-8,14H,4,9-10,18H2. The summed E-state index contributed by atoms with van der Waals surface area (Å²) in [6.45, 7) is 0. The summed E-state index contributed by atoms with van der Waals surface area (Å²) in [6, 6.07) is 15.1. The second kappa shape index (κ2) is 4.69. The number of nitrogens with zero attached hydrogens (tertiary/aromatic N) is 1. The molecule has 0 saturated carbocycles. The van der Waals surface area contributed by atoms with Crippen molar-refractivity contribution in [2.45, 2.75) is 25.3 Å². The molecule has 0 fully saturated rings. The lowest BCUT2D eigenvalue weighted by molar-refractivity contribution is 0.573. The fourth-order valence-electron chi connectivity index (χ4n) is 2.98. The molecular formula is C17H16N2S. The van der Waals surface area contributed by atoms with Crippen LogP contribution in [-0.4, -0.2) is 4.98 Å². The van der Waals surface area contributed by atoms with E-state index in [4.69, 9.17) is 10.7 Å². The predicted molar refractivity (Wildman–Crippen MR) is 84.9 cm³/mol. The van der Waals surface area contributed by atoms with Crippen LogP contribution in [0.2, 0.25) is 0 Å². The van der Waals surface area contributed by atoms with Gasteiger partial charge in [0.05, 0.1) is 5.69 Å². The molecule has 3 heteroatoms. The van der Waals surface area contributed by atoms with E-state index in [0.29, 0.717) is 0 Å². The van der Waals surface area contributed by atoms with E-state index in [9.17, 15) is 0 Å². The van der Waals surface area contributed by atoms with E-state index < -0.39 is 0 Å². The minimum atomic E-state index is 0.181. The lowest BCUT2D eigenvalue weighted by atomic mass is 9.99. The molecule has 0 spiro atoms. The van der Waals surface area contributed by atoms with Crippen molar-refractivity contribution in [2.75, 3.05) is 0 Å². The Bertz CT molecular complexity index is 770. The molecule has 0 saturated heterocycles. The molecule has 1 aromatic heterocycles. The van der Waals surface area contributed by atoms with E-state index in [2.05, 4.69) is 42.5 Å². The molecule has 1 aliphatic carbocycles. The Morgan fingerprint density at radius 1 is 1.10 bits per heavy atom. The summed E-state index contributed by atoms with van der Waals surface area (Å²) < 4.78 is 0. The van der Waals surface area contributed by atoms with Crippen LogP contribution in [-0.2, 0) is 6.42 Å². The second-order valence-electron chi connectivity index (χ2n) is 5.36. The number of benzene rings is 2. The van der Waals surface area contributed by atoms with Gasteiger partial charge in [-0.25, -0.2) is 4.98 Å². The zero-order valence-corrected chi connectivity index (χ0v) is 12.0. The monoisotopic (exact) mass is 280 g/mol. The summed E-state index contributed by atoms with van der Waals surface area (Å²) in [5.41, 5.74) is 8.67. The highest BCUT2D eigenvalue weighted by Gasteiger charge is 2.22. The van der Waals surface area contributed by atoms with Gasteiger partial charge in [-0.1, -0.05) is 42.5 Å². The third-order valence-electron chi connectivity index (χ3n) is 4.01. The maximum atomic E-state index is 6.22. The van der Waals surface area contributed by atoms with Crippen molar-refractivity contribution in [3.63, 3.8) is 0 Å². The van der Waals surface area contributed by atoms with Crippen molar-refractivity contribution in [1.29, 1.82) is 0 Å². The summed E-state index contributed by atoms with van der Waals surface area (Å²) in [5, 5.41) is 3.65. The van der Waals surface area contributed by atoms with Crippen LogP contribution < -0.4 is 5.73 Å². The summed E-state index contributed by atoms with van der Waals surface area (Å²) in [5.74, 6) is 0. The maximum absolute atomic E-state index is 6.22. The Hall–Kier alpha value is -1.71. The van der Waals surface area contributed by atoms with Gasteiger partial charge in [0, 0.05) is 16.5 Å². The van der Waals surface area contributed by atoms with E-state index in [-0.39, 0.29) is 6.04 Å². The van der Waals surface area contributed by atoms with Gasteiger partial charge in [-0.05, 0) is 30.0 Å². The Morgan fingerprint density at radius 3 is 2.85 bits per heavy atom. The number of nitrogens with two attached hydrogens (primary N) is 1. The molecule has 1 unspecified atom stereocenters. The molecule has 0 aliphatic heterocycles. The number of hydrogen-bond donors (Lipinski definition) is 1. The molecule has 100 valence electrons. The fraction of sp³-hybridized carbons (Fsp3) is 0.235. The maximum Gasteiger partial charge on any atom is 0.124 e. The highest BCUT2D eigenvalue weighted by molar-refractivity contribution is 7.15. The molecule has 0 bridgehead atoms. The van der Waals surface area contributed by atoms with Crippen LogP contribution in [0, 0.1) is 0 Å². The first-order valence-corrected chi connectivity index (χ1v) is 7.88. The van der Waals surface area contributed by atoms with Crippen LogP contribution in [0.15, 0.2) is 42.5 Å². The lowest BCUT2D eigenvalue weighted by Crippen LogP contribution is -2.15. The Morgan fingerprint density at radius 2 is 1.95 bits per heavy atom. The van der Waals surface area contributed by atoms with Gasteiger partial charge in [0.15, 0.2) is 0 Å². The summed E-state index contributed by atoms with van der Waals surface area (Å²) in [7, 11) is 0.